The first-order chi connectivity index (χ1) is 8.69. The summed E-state index contributed by atoms with van der Waals surface area (Å²) < 4.78 is 9.86. The molecule has 1 aromatic rings. The molecule has 0 aliphatic heterocycles. The molecule has 1 rings (SSSR count). The zero-order valence-electron chi connectivity index (χ0n) is 10.5. The van der Waals surface area contributed by atoms with E-state index in [1.807, 2.05) is 0 Å². The van der Waals surface area contributed by atoms with Gasteiger partial charge >= 0.3 is 5.69 Å². The monoisotopic (exact) mass is 255 g/mol. The van der Waals surface area contributed by atoms with Crippen molar-refractivity contribution in [1.82, 2.24) is 4.98 Å². The lowest BCUT2D eigenvalue weighted by Gasteiger charge is -2.07. The fourth-order valence-electron chi connectivity index (χ4n) is 1.40. The van der Waals surface area contributed by atoms with Crippen LogP contribution in [0.4, 0.5) is 11.5 Å². The van der Waals surface area contributed by atoms with Gasteiger partial charge in [-0.25, -0.2) is 0 Å². The smallest absolute Gasteiger partial charge is 0.311 e. The lowest BCUT2D eigenvalue weighted by Crippen LogP contribution is -2.07. The highest BCUT2D eigenvalue weighted by Gasteiger charge is 2.15. The quantitative estimate of drug-likeness (QED) is 0.433. The predicted octanol–water partition coefficient (Wildman–Crippen LogP) is 1.84. The Bertz CT molecular complexity index is 398. The number of pyridine rings is 1. The van der Waals surface area contributed by atoms with Crippen LogP contribution in [0.5, 0.6) is 5.88 Å². The van der Waals surface area contributed by atoms with Gasteiger partial charge in [-0.3, -0.25) is 10.1 Å². The van der Waals surface area contributed by atoms with E-state index in [2.05, 4.69) is 10.3 Å². The van der Waals surface area contributed by atoms with Crippen molar-refractivity contribution in [2.75, 3.05) is 32.7 Å². The third kappa shape index (κ3) is 4.17. The van der Waals surface area contributed by atoms with Crippen LogP contribution in [0.3, 0.4) is 0 Å². The molecule has 0 spiro atoms. The molecule has 18 heavy (non-hydrogen) atoms. The highest BCUT2D eigenvalue weighted by molar-refractivity contribution is 5.56. The first-order valence-corrected chi connectivity index (χ1v) is 5.61. The molecule has 0 unspecified atom stereocenters. The Hall–Kier alpha value is -1.89. The Balaban J connectivity index is 2.63. The topological polar surface area (TPSA) is 86.5 Å². The standard InChI is InChI=1S/C11H17N3O4/c1-17-8-4-3-7-12-11-9(14(15)16)5-6-10(13-11)18-2/h5-6H,3-4,7-8H2,1-2H3,(H,12,13). The van der Waals surface area contributed by atoms with E-state index in [0.717, 1.165) is 12.8 Å². The van der Waals surface area contributed by atoms with Crippen LogP contribution in [0.1, 0.15) is 12.8 Å². The number of nitro groups is 1. The van der Waals surface area contributed by atoms with Gasteiger partial charge in [-0.05, 0) is 12.8 Å². The molecule has 0 fully saturated rings. The van der Waals surface area contributed by atoms with Gasteiger partial charge in [0.15, 0.2) is 0 Å². The molecule has 1 aromatic heterocycles. The molecule has 7 heteroatoms. The number of ether oxygens (including phenoxy) is 2. The number of nitrogens with zero attached hydrogens (tertiary/aromatic N) is 2. The van der Waals surface area contributed by atoms with Crippen LogP contribution >= 0.6 is 0 Å². The first-order valence-electron chi connectivity index (χ1n) is 5.61. The summed E-state index contributed by atoms with van der Waals surface area (Å²) in [7, 11) is 3.11. The lowest BCUT2D eigenvalue weighted by atomic mass is 10.3. The highest BCUT2D eigenvalue weighted by atomic mass is 16.6. The van der Waals surface area contributed by atoms with E-state index in [4.69, 9.17) is 9.47 Å². The van der Waals surface area contributed by atoms with Crippen molar-refractivity contribution in [3.05, 3.63) is 22.2 Å². The maximum absolute atomic E-state index is 10.8. The van der Waals surface area contributed by atoms with Crippen LogP contribution in [-0.4, -0.2) is 37.3 Å². The largest absolute Gasteiger partial charge is 0.481 e. The minimum atomic E-state index is -0.468. The molecule has 0 aromatic carbocycles. The van der Waals surface area contributed by atoms with Crippen LogP contribution < -0.4 is 10.1 Å². The van der Waals surface area contributed by atoms with Gasteiger partial charge < -0.3 is 14.8 Å². The second kappa shape index (κ2) is 7.44. The maximum Gasteiger partial charge on any atom is 0.311 e. The Morgan fingerprint density at radius 1 is 1.39 bits per heavy atom. The van der Waals surface area contributed by atoms with E-state index >= 15 is 0 Å². The van der Waals surface area contributed by atoms with E-state index in [1.54, 1.807) is 7.11 Å². The SMILES string of the molecule is COCCCCNc1nc(OC)ccc1[N+](=O)[O-]. The van der Waals surface area contributed by atoms with Crippen molar-refractivity contribution in [2.45, 2.75) is 12.8 Å². The van der Waals surface area contributed by atoms with Gasteiger partial charge in [-0.1, -0.05) is 0 Å². The van der Waals surface area contributed by atoms with Gasteiger partial charge in [-0.15, -0.1) is 0 Å². The molecular weight excluding hydrogens is 238 g/mol. The van der Waals surface area contributed by atoms with Crippen LogP contribution in [0.25, 0.3) is 0 Å². The van der Waals surface area contributed by atoms with Crippen molar-refractivity contribution in [2.24, 2.45) is 0 Å². The third-order valence-electron chi connectivity index (χ3n) is 2.32. The minimum absolute atomic E-state index is 0.0532. The number of rotatable bonds is 8. The Labute approximate surface area is 105 Å². The fraction of sp³-hybridized carbons (Fsp3) is 0.545. The Kier molecular flexibility index (Phi) is 5.86. The summed E-state index contributed by atoms with van der Waals surface area (Å²) in [4.78, 5) is 14.4. The van der Waals surface area contributed by atoms with E-state index in [-0.39, 0.29) is 11.5 Å². The molecule has 0 saturated carbocycles. The fourth-order valence-corrected chi connectivity index (χ4v) is 1.40. The zero-order chi connectivity index (χ0) is 13.4. The third-order valence-corrected chi connectivity index (χ3v) is 2.32. The van der Waals surface area contributed by atoms with E-state index in [1.165, 1.54) is 19.2 Å². The van der Waals surface area contributed by atoms with Gasteiger partial charge in [0.05, 0.1) is 12.0 Å². The summed E-state index contributed by atoms with van der Waals surface area (Å²) in [6.45, 7) is 1.28. The van der Waals surface area contributed by atoms with Gasteiger partial charge in [0.2, 0.25) is 11.7 Å². The number of aromatic nitrogens is 1. The molecule has 1 N–H and O–H groups in total. The highest BCUT2D eigenvalue weighted by Crippen LogP contribution is 2.24. The molecule has 1 heterocycles. The normalized spacial score (nSPS) is 10.1. The molecule has 0 amide bonds. The second-order valence-electron chi connectivity index (χ2n) is 3.61. The zero-order valence-corrected chi connectivity index (χ0v) is 10.5. The average molecular weight is 255 g/mol. The Morgan fingerprint density at radius 3 is 2.78 bits per heavy atom. The van der Waals surface area contributed by atoms with Gasteiger partial charge in [0.1, 0.15) is 0 Å². The first kappa shape index (κ1) is 14.2. The molecule has 0 bridgehead atoms. The molecule has 0 radical (unpaired) electrons. The van der Waals surface area contributed by atoms with Crippen molar-refractivity contribution in [1.29, 1.82) is 0 Å². The maximum atomic E-state index is 10.8. The van der Waals surface area contributed by atoms with Crippen LogP contribution in [0.15, 0.2) is 12.1 Å². The molecule has 100 valence electrons. The summed E-state index contributed by atoms with van der Waals surface area (Å²) in [6.07, 6.45) is 1.74. The van der Waals surface area contributed by atoms with E-state index < -0.39 is 4.92 Å². The number of unbranched alkanes of at least 4 members (excludes halogenated alkanes) is 1. The summed E-state index contributed by atoms with van der Waals surface area (Å²) in [6, 6.07) is 2.84. The van der Waals surface area contributed by atoms with Crippen LogP contribution in [0, 0.1) is 10.1 Å². The summed E-state index contributed by atoms with van der Waals surface area (Å²) in [5, 5.41) is 13.8. The number of hydrogen-bond acceptors (Lipinski definition) is 6. The van der Waals surface area contributed by atoms with Crippen molar-refractivity contribution in [3.63, 3.8) is 0 Å². The molecular formula is C11H17N3O4. The number of nitrogens with one attached hydrogen (secondary N) is 1. The number of hydrogen-bond donors (Lipinski definition) is 1. The Morgan fingerprint density at radius 2 is 2.17 bits per heavy atom. The summed E-state index contributed by atoms with van der Waals surface area (Å²) in [5.41, 5.74) is -0.0532. The van der Waals surface area contributed by atoms with Gasteiger partial charge in [0, 0.05) is 32.4 Å². The average Bonchev–Trinajstić information content (AvgIpc) is 2.38. The summed E-state index contributed by atoms with van der Waals surface area (Å²) in [5.74, 6) is 0.580. The van der Waals surface area contributed by atoms with Gasteiger partial charge in [0.25, 0.3) is 0 Å². The minimum Gasteiger partial charge on any atom is -0.481 e. The predicted molar refractivity (Wildman–Crippen MR) is 67.0 cm³/mol. The van der Waals surface area contributed by atoms with E-state index in [0.29, 0.717) is 19.0 Å². The van der Waals surface area contributed by atoms with Crippen LogP contribution in [0.2, 0.25) is 0 Å². The van der Waals surface area contributed by atoms with Crippen molar-refractivity contribution >= 4 is 11.5 Å². The molecule has 7 nitrogen and oxygen atoms in total. The second-order valence-corrected chi connectivity index (χ2v) is 3.61. The van der Waals surface area contributed by atoms with Gasteiger partial charge in [-0.2, -0.15) is 4.98 Å². The number of methoxy groups -OCH3 is 2. The van der Waals surface area contributed by atoms with Crippen molar-refractivity contribution < 1.29 is 14.4 Å². The van der Waals surface area contributed by atoms with E-state index in [9.17, 15) is 10.1 Å². The van der Waals surface area contributed by atoms with Crippen molar-refractivity contribution in [3.8, 4) is 5.88 Å². The van der Waals surface area contributed by atoms with Crippen LogP contribution in [-0.2, 0) is 4.74 Å². The molecule has 0 saturated heterocycles. The molecule has 0 atom stereocenters. The molecule has 0 aliphatic carbocycles. The number of anilines is 1. The summed E-state index contributed by atoms with van der Waals surface area (Å²) >= 11 is 0. The molecule has 0 aliphatic rings. The lowest BCUT2D eigenvalue weighted by molar-refractivity contribution is -0.384.